The van der Waals surface area contributed by atoms with E-state index in [9.17, 15) is 4.79 Å². The number of nitrogens with zero attached hydrogens (tertiary/aromatic N) is 4. The first-order valence-electron chi connectivity index (χ1n) is 4.77. The Morgan fingerprint density at radius 3 is 2.84 bits per heavy atom. The van der Waals surface area contributed by atoms with E-state index in [1.54, 1.807) is 12.1 Å². The highest BCUT2D eigenvalue weighted by Crippen LogP contribution is 2.35. The minimum absolute atomic E-state index is 0.151. The van der Waals surface area contributed by atoms with Gasteiger partial charge in [0.15, 0.2) is 0 Å². The third-order valence-corrected chi connectivity index (χ3v) is 4.67. The van der Waals surface area contributed by atoms with Crippen LogP contribution in [0.15, 0.2) is 21.8 Å². The molecular weight excluding hydrogens is 379 g/mol. The number of halogens is 3. The van der Waals surface area contributed by atoms with Crippen LogP contribution in [0.4, 0.5) is 0 Å². The maximum absolute atomic E-state index is 10.6. The lowest BCUT2D eigenvalue weighted by Gasteiger charge is -2.08. The Labute approximate surface area is 130 Å². The van der Waals surface area contributed by atoms with Crippen LogP contribution in [0.2, 0.25) is 10.0 Å². The number of benzene rings is 1. The molecule has 0 amide bonds. The predicted molar refractivity (Wildman–Crippen MR) is 75.2 cm³/mol. The van der Waals surface area contributed by atoms with Gasteiger partial charge in [-0.05, 0) is 38.5 Å². The molecule has 0 radical (unpaired) electrons. The second kappa shape index (κ2) is 6.08. The van der Waals surface area contributed by atoms with Crippen molar-refractivity contribution in [3.05, 3.63) is 26.7 Å². The Kier molecular flexibility index (Phi) is 4.67. The SMILES string of the molecule is O=C(O)CSc1nnnn1-c1ccc(Br)c(Cl)c1Cl. The summed E-state index contributed by atoms with van der Waals surface area (Å²) in [7, 11) is 0. The summed E-state index contributed by atoms with van der Waals surface area (Å²) in [5.41, 5.74) is 0.479. The smallest absolute Gasteiger partial charge is 0.313 e. The van der Waals surface area contributed by atoms with E-state index < -0.39 is 5.97 Å². The lowest BCUT2D eigenvalue weighted by atomic mass is 10.3. The van der Waals surface area contributed by atoms with Crippen molar-refractivity contribution in [2.24, 2.45) is 0 Å². The second-order valence-corrected chi connectivity index (χ2v) is 5.80. The lowest BCUT2D eigenvalue weighted by molar-refractivity contribution is -0.133. The van der Waals surface area contributed by atoms with Gasteiger partial charge in [-0.15, -0.1) is 5.10 Å². The van der Waals surface area contributed by atoms with Crippen molar-refractivity contribution in [3.8, 4) is 5.69 Å². The van der Waals surface area contributed by atoms with Crippen molar-refractivity contribution >= 4 is 56.9 Å². The van der Waals surface area contributed by atoms with E-state index in [0.29, 0.717) is 20.3 Å². The van der Waals surface area contributed by atoms with E-state index in [1.807, 2.05) is 0 Å². The second-order valence-electron chi connectivity index (χ2n) is 3.25. The Morgan fingerprint density at radius 1 is 1.42 bits per heavy atom. The Balaban J connectivity index is 2.40. The molecule has 0 spiro atoms. The molecule has 0 saturated carbocycles. The minimum Gasteiger partial charge on any atom is -0.481 e. The van der Waals surface area contributed by atoms with Gasteiger partial charge in [-0.2, -0.15) is 4.68 Å². The molecule has 0 unspecified atom stereocenters. The standard InChI is InChI=1S/C9H5BrCl2N4O2S/c10-4-1-2-5(8(12)7(4)11)16-9(13-14-15-16)19-3-6(17)18/h1-2H,3H2,(H,17,18). The highest BCUT2D eigenvalue weighted by Gasteiger charge is 2.16. The minimum atomic E-state index is -0.959. The van der Waals surface area contributed by atoms with Crippen LogP contribution < -0.4 is 0 Å². The fourth-order valence-corrected chi connectivity index (χ4v) is 2.68. The first-order chi connectivity index (χ1) is 9.00. The van der Waals surface area contributed by atoms with Gasteiger partial charge in [0, 0.05) is 4.47 Å². The average molecular weight is 384 g/mol. The normalized spacial score (nSPS) is 10.7. The maximum Gasteiger partial charge on any atom is 0.313 e. The molecule has 10 heteroatoms. The van der Waals surface area contributed by atoms with E-state index in [1.165, 1.54) is 4.68 Å². The van der Waals surface area contributed by atoms with Crippen LogP contribution in [0.3, 0.4) is 0 Å². The number of aliphatic carboxylic acids is 1. The summed E-state index contributed by atoms with van der Waals surface area (Å²) in [5, 5.41) is 20.6. The van der Waals surface area contributed by atoms with E-state index in [4.69, 9.17) is 28.3 Å². The third-order valence-electron chi connectivity index (χ3n) is 2.01. The van der Waals surface area contributed by atoms with E-state index in [-0.39, 0.29) is 10.8 Å². The van der Waals surface area contributed by atoms with Crippen molar-refractivity contribution in [2.75, 3.05) is 5.75 Å². The third kappa shape index (κ3) is 3.19. The number of aromatic nitrogens is 4. The summed E-state index contributed by atoms with van der Waals surface area (Å²) >= 11 is 16.4. The summed E-state index contributed by atoms with van der Waals surface area (Å²) < 4.78 is 1.99. The van der Waals surface area contributed by atoms with Crippen LogP contribution in [0.25, 0.3) is 5.69 Å². The number of carboxylic acids is 1. The monoisotopic (exact) mass is 382 g/mol. The molecule has 1 aromatic carbocycles. The van der Waals surface area contributed by atoms with Crippen molar-refractivity contribution in [1.29, 1.82) is 0 Å². The van der Waals surface area contributed by atoms with Gasteiger partial charge < -0.3 is 5.11 Å². The molecule has 0 fully saturated rings. The van der Waals surface area contributed by atoms with Crippen LogP contribution in [-0.4, -0.2) is 37.0 Å². The largest absolute Gasteiger partial charge is 0.481 e. The molecule has 2 aromatic rings. The molecule has 1 aromatic heterocycles. The highest BCUT2D eigenvalue weighted by molar-refractivity contribution is 9.10. The molecule has 1 heterocycles. The summed E-state index contributed by atoms with van der Waals surface area (Å²) in [6.07, 6.45) is 0. The molecule has 0 aliphatic rings. The molecule has 0 aliphatic carbocycles. The fraction of sp³-hybridized carbons (Fsp3) is 0.111. The molecule has 0 atom stereocenters. The zero-order valence-electron chi connectivity index (χ0n) is 9.05. The molecule has 0 bridgehead atoms. The first kappa shape index (κ1) is 14.6. The van der Waals surface area contributed by atoms with Gasteiger partial charge in [0.2, 0.25) is 5.16 Å². The summed E-state index contributed by atoms with van der Waals surface area (Å²) in [6.45, 7) is 0. The van der Waals surface area contributed by atoms with Crippen molar-refractivity contribution in [2.45, 2.75) is 5.16 Å². The molecule has 0 saturated heterocycles. The van der Waals surface area contributed by atoms with Crippen LogP contribution >= 0.6 is 50.9 Å². The van der Waals surface area contributed by atoms with Gasteiger partial charge in [0.05, 0.1) is 21.5 Å². The predicted octanol–water partition coefficient (Wildman–Crippen LogP) is 2.91. The molecule has 6 nitrogen and oxygen atoms in total. The quantitative estimate of drug-likeness (QED) is 0.645. The van der Waals surface area contributed by atoms with Gasteiger partial charge in [-0.25, -0.2) is 0 Å². The van der Waals surface area contributed by atoms with Crippen LogP contribution in [0.5, 0.6) is 0 Å². The molecule has 19 heavy (non-hydrogen) atoms. The van der Waals surface area contributed by atoms with Crippen LogP contribution in [0.1, 0.15) is 0 Å². The number of hydrogen-bond acceptors (Lipinski definition) is 5. The van der Waals surface area contributed by atoms with E-state index >= 15 is 0 Å². The topological polar surface area (TPSA) is 80.9 Å². The zero-order chi connectivity index (χ0) is 14.0. The molecular formula is C9H5BrCl2N4O2S. The number of hydrogen-bond donors (Lipinski definition) is 1. The Hall–Kier alpha value is -0.830. The Bertz CT molecular complexity index is 637. The molecule has 100 valence electrons. The summed E-state index contributed by atoms with van der Waals surface area (Å²) in [6, 6.07) is 3.39. The number of carboxylic acid groups (broad SMARTS) is 1. The van der Waals surface area contributed by atoms with E-state index in [2.05, 4.69) is 31.5 Å². The van der Waals surface area contributed by atoms with E-state index in [0.717, 1.165) is 11.8 Å². The van der Waals surface area contributed by atoms with Crippen molar-refractivity contribution in [3.63, 3.8) is 0 Å². The summed E-state index contributed by atoms with van der Waals surface area (Å²) in [4.78, 5) is 10.6. The Morgan fingerprint density at radius 2 is 2.16 bits per heavy atom. The van der Waals surface area contributed by atoms with Gasteiger partial charge in [-0.3, -0.25) is 4.79 Å². The number of tetrazole rings is 1. The lowest BCUT2D eigenvalue weighted by Crippen LogP contribution is -2.03. The van der Waals surface area contributed by atoms with Crippen molar-refractivity contribution < 1.29 is 9.90 Å². The van der Waals surface area contributed by atoms with Crippen LogP contribution in [-0.2, 0) is 4.79 Å². The number of thioether (sulfide) groups is 1. The first-order valence-corrected chi connectivity index (χ1v) is 7.31. The zero-order valence-corrected chi connectivity index (χ0v) is 13.0. The highest BCUT2D eigenvalue weighted by atomic mass is 79.9. The molecule has 0 aliphatic heterocycles. The molecule has 2 rings (SSSR count). The van der Waals surface area contributed by atoms with Gasteiger partial charge in [-0.1, -0.05) is 35.0 Å². The van der Waals surface area contributed by atoms with Gasteiger partial charge in [0.25, 0.3) is 0 Å². The van der Waals surface area contributed by atoms with Gasteiger partial charge in [0.1, 0.15) is 0 Å². The van der Waals surface area contributed by atoms with Crippen molar-refractivity contribution in [1.82, 2.24) is 20.2 Å². The average Bonchev–Trinajstić information content (AvgIpc) is 2.82. The number of carbonyl (C=O) groups is 1. The molecule has 1 N–H and O–H groups in total. The fourth-order valence-electron chi connectivity index (χ4n) is 1.23. The maximum atomic E-state index is 10.6. The van der Waals surface area contributed by atoms with Crippen LogP contribution in [0, 0.1) is 0 Å². The van der Waals surface area contributed by atoms with Gasteiger partial charge >= 0.3 is 5.97 Å². The summed E-state index contributed by atoms with van der Waals surface area (Å²) in [5.74, 6) is -1.11. The number of rotatable bonds is 4.